The van der Waals surface area contributed by atoms with E-state index in [-0.39, 0.29) is 12.8 Å². The molecule has 7 heteroatoms. The average Bonchev–Trinajstić information content (AvgIpc) is 2.24. The number of nitrogens with two attached hydrogens (primary N) is 1. The third-order valence-corrected chi connectivity index (χ3v) is 2.20. The summed E-state index contributed by atoms with van der Waals surface area (Å²) in [5.74, 6) is -2.80. The molecular formula is C10H18N2O5. The van der Waals surface area contributed by atoms with E-state index in [4.69, 9.17) is 15.9 Å². The lowest BCUT2D eigenvalue weighted by Crippen LogP contribution is -2.48. The summed E-state index contributed by atoms with van der Waals surface area (Å²) in [6, 6.07) is -1.96. The highest BCUT2D eigenvalue weighted by Gasteiger charge is 2.22. The van der Waals surface area contributed by atoms with Crippen molar-refractivity contribution in [1.82, 2.24) is 5.32 Å². The molecule has 0 aliphatic carbocycles. The minimum Gasteiger partial charge on any atom is -0.481 e. The quantitative estimate of drug-likeness (QED) is 0.459. The summed E-state index contributed by atoms with van der Waals surface area (Å²) in [7, 11) is 0. The van der Waals surface area contributed by atoms with E-state index in [0.29, 0.717) is 12.8 Å². The molecule has 0 fully saturated rings. The molecule has 0 aliphatic rings. The number of carboxylic acids is 2. The van der Waals surface area contributed by atoms with Gasteiger partial charge in [0, 0.05) is 6.42 Å². The van der Waals surface area contributed by atoms with Gasteiger partial charge in [0.1, 0.15) is 6.04 Å². The molecule has 0 aliphatic heterocycles. The second-order valence-electron chi connectivity index (χ2n) is 3.73. The molecule has 5 N–H and O–H groups in total. The van der Waals surface area contributed by atoms with Crippen LogP contribution in [-0.4, -0.2) is 40.1 Å². The van der Waals surface area contributed by atoms with Crippen LogP contribution in [0.5, 0.6) is 0 Å². The summed E-state index contributed by atoms with van der Waals surface area (Å²) < 4.78 is 0. The largest absolute Gasteiger partial charge is 0.481 e. The van der Waals surface area contributed by atoms with Gasteiger partial charge in [0.2, 0.25) is 5.91 Å². The average molecular weight is 246 g/mol. The summed E-state index contributed by atoms with van der Waals surface area (Å²) in [5.41, 5.74) is 5.44. The second-order valence-corrected chi connectivity index (χ2v) is 3.73. The molecule has 2 atom stereocenters. The van der Waals surface area contributed by atoms with Gasteiger partial charge in [-0.2, -0.15) is 0 Å². The zero-order valence-corrected chi connectivity index (χ0v) is 9.68. The van der Waals surface area contributed by atoms with Crippen LogP contribution in [0.15, 0.2) is 0 Å². The number of carbonyl (C=O) groups excluding carboxylic acids is 1. The van der Waals surface area contributed by atoms with Gasteiger partial charge in [0.05, 0.1) is 6.04 Å². The Morgan fingerprint density at radius 2 is 1.82 bits per heavy atom. The molecule has 0 aromatic carbocycles. The molecule has 0 unspecified atom stereocenters. The van der Waals surface area contributed by atoms with E-state index >= 15 is 0 Å². The molecule has 0 saturated carbocycles. The summed E-state index contributed by atoms with van der Waals surface area (Å²) in [4.78, 5) is 32.5. The number of hydrogen-bond donors (Lipinski definition) is 4. The first-order valence-corrected chi connectivity index (χ1v) is 5.39. The Morgan fingerprint density at radius 1 is 1.24 bits per heavy atom. The fourth-order valence-corrected chi connectivity index (χ4v) is 1.23. The standard InChI is InChI=1S/C10H18N2O5/c1-2-3-7(10(16)17)12-9(15)6(11)4-5-8(13)14/h6-7H,2-5,11H2,1H3,(H,12,15)(H,13,14)(H,16,17)/t6-,7-/m0/s1. The van der Waals surface area contributed by atoms with Crippen molar-refractivity contribution in [2.75, 3.05) is 0 Å². The molecule has 0 aromatic heterocycles. The Balaban J connectivity index is 4.20. The summed E-state index contributed by atoms with van der Waals surface area (Å²) in [6.45, 7) is 1.80. The highest BCUT2D eigenvalue weighted by molar-refractivity contribution is 5.87. The summed E-state index contributed by atoms with van der Waals surface area (Å²) in [6.07, 6.45) is 0.689. The van der Waals surface area contributed by atoms with E-state index in [1.54, 1.807) is 6.92 Å². The first kappa shape index (κ1) is 15.4. The summed E-state index contributed by atoms with van der Waals surface area (Å²) in [5, 5.41) is 19.5. The predicted octanol–water partition coefficient (Wildman–Crippen LogP) is -0.452. The zero-order chi connectivity index (χ0) is 13.4. The third-order valence-electron chi connectivity index (χ3n) is 2.20. The fraction of sp³-hybridized carbons (Fsp3) is 0.700. The molecule has 0 heterocycles. The van der Waals surface area contributed by atoms with Crippen molar-refractivity contribution in [2.45, 2.75) is 44.7 Å². The molecular weight excluding hydrogens is 228 g/mol. The van der Waals surface area contributed by atoms with Crippen LogP contribution in [-0.2, 0) is 14.4 Å². The van der Waals surface area contributed by atoms with Gasteiger partial charge >= 0.3 is 11.9 Å². The molecule has 0 saturated heterocycles. The number of nitrogens with one attached hydrogen (secondary N) is 1. The van der Waals surface area contributed by atoms with Crippen LogP contribution in [0.1, 0.15) is 32.6 Å². The van der Waals surface area contributed by atoms with Gasteiger partial charge in [-0.15, -0.1) is 0 Å². The number of amides is 1. The van der Waals surface area contributed by atoms with Crippen molar-refractivity contribution in [3.8, 4) is 0 Å². The van der Waals surface area contributed by atoms with Gasteiger partial charge < -0.3 is 21.3 Å². The van der Waals surface area contributed by atoms with Crippen LogP contribution in [0.4, 0.5) is 0 Å². The van der Waals surface area contributed by atoms with Crippen LogP contribution < -0.4 is 11.1 Å². The minimum absolute atomic E-state index is 0.0143. The van der Waals surface area contributed by atoms with Crippen LogP contribution in [0, 0.1) is 0 Å². The maximum atomic E-state index is 11.5. The van der Waals surface area contributed by atoms with Crippen LogP contribution in [0.25, 0.3) is 0 Å². The zero-order valence-electron chi connectivity index (χ0n) is 9.68. The van der Waals surface area contributed by atoms with Crippen molar-refractivity contribution < 1.29 is 24.6 Å². The molecule has 0 rings (SSSR count). The first-order chi connectivity index (χ1) is 7.88. The summed E-state index contributed by atoms with van der Waals surface area (Å²) >= 11 is 0. The Bertz CT molecular complexity index is 292. The van der Waals surface area contributed by atoms with Crippen LogP contribution >= 0.6 is 0 Å². The van der Waals surface area contributed by atoms with Crippen molar-refractivity contribution in [1.29, 1.82) is 0 Å². The number of carboxylic acid groups (broad SMARTS) is 2. The highest BCUT2D eigenvalue weighted by Crippen LogP contribution is 2.00. The normalized spacial score (nSPS) is 13.8. The van der Waals surface area contributed by atoms with Crippen molar-refractivity contribution >= 4 is 17.8 Å². The SMILES string of the molecule is CCC[C@H](NC(=O)[C@@H](N)CCC(=O)O)C(=O)O. The first-order valence-electron chi connectivity index (χ1n) is 5.39. The van der Waals surface area contributed by atoms with Gasteiger partial charge in [-0.25, -0.2) is 4.79 Å². The fourth-order valence-electron chi connectivity index (χ4n) is 1.23. The molecule has 7 nitrogen and oxygen atoms in total. The lowest BCUT2D eigenvalue weighted by atomic mass is 10.1. The van der Waals surface area contributed by atoms with E-state index in [9.17, 15) is 14.4 Å². The Labute approximate surface area is 99.0 Å². The van der Waals surface area contributed by atoms with Gasteiger partial charge in [0.25, 0.3) is 0 Å². The van der Waals surface area contributed by atoms with E-state index in [2.05, 4.69) is 5.32 Å². The molecule has 17 heavy (non-hydrogen) atoms. The highest BCUT2D eigenvalue weighted by atomic mass is 16.4. The molecule has 0 bridgehead atoms. The Morgan fingerprint density at radius 3 is 2.24 bits per heavy atom. The van der Waals surface area contributed by atoms with E-state index in [1.807, 2.05) is 0 Å². The monoisotopic (exact) mass is 246 g/mol. The van der Waals surface area contributed by atoms with Gasteiger partial charge in [-0.1, -0.05) is 13.3 Å². The predicted molar refractivity (Wildman–Crippen MR) is 59.3 cm³/mol. The van der Waals surface area contributed by atoms with E-state index in [1.165, 1.54) is 0 Å². The lowest BCUT2D eigenvalue weighted by molar-refractivity contribution is -0.142. The number of hydrogen-bond acceptors (Lipinski definition) is 4. The Kier molecular flexibility index (Phi) is 6.88. The maximum Gasteiger partial charge on any atom is 0.326 e. The molecule has 0 spiro atoms. The third kappa shape index (κ3) is 6.52. The van der Waals surface area contributed by atoms with E-state index in [0.717, 1.165) is 0 Å². The van der Waals surface area contributed by atoms with E-state index < -0.39 is 29.9 Å². The second kappa shape index (κ2) is 7.61. The number of carbonyl (C=O) groups is 3. The molecule has 98 valence electrons. The van der Waals surface area contributed by atoms with Crippen molar-refractivity contribution in [3.63, 3.8) is 0 Å². The van der Waals surface area contributed by atoms with Crippen LogP contribution in [0.2, 0.25) is 0 Å². The molecule has 1 amide bonds. The van der Waals surface area contributed by atoms with Crippen molar-refractivity contribution in [3.05, 3.63) is 0 Å². The van der Waals surface area contributed by atoms with Gasteiger partial charge in [0.15, 0.2) is 0 Å². The maximum absolute atomic E-state index is 11.5. The number of aliphatic carboxylic acids is 2. The van der Waals surface area contributed by atoms with Crippen molar-refractivity contribution in [2.24, 2.45) is 5.73 Å². The molecule has 0 aromatic rings. The van der Waals surface area contributed by atoms with Gasteiger partial charge in [-0.3, -0.25) is 9.59 Å². The minimum atomic E-state index is -1.12. The smallest absolute Gasteiger partial charge is 0.326 e. The Hall–Kier alpha value is -1.63. The lowest BCUT2D eigenvalue weighted by Gasteiger charge is -2.16. The van der Waals surface area contributed by atoms with Crippen LogP contribution in [0.3, 0.4) is 0 Å². The van der Waals surface area contributed by atoms with Gasteiger partial charge in [-0.05, 0) is 12.8 Å². The number of rotatable bonds is 8. The molecule has 0 radical (unpaired) electrons. The topological polar surface area (TPSA) is 130 Å².